The lowest BCUT2D eigenvalue weighted by Gasteiger charge is -2.16. The molecule has 2 aromatic heterocycles. The van der Waals surface area contributed by atoms with E-state index in [0.717, 1.165) is 5.56 Å². The molecule has 3 heterocycles. The van der Waals surface area contributed by atoms with Crippen LogP contribution in [0.3, 0.4) is 0 Å². The molecule has 2 aromatic rings. The summed E-state index contributed by atoms with van der Waals surface area (Å²) in [5.41, 5.74) is 1.10. The topological polar surface area (TPSA) is 75.4 Å². The molecule has 0 aromatic carbocycles. The van der Waals surface area contributed by atoms with Gasteiger partial charge in [0.05, 0.1) is 6.20 Å². The minimum Gasteiger partial charge on any atom is -0.396 e. The second-order valence-corrected chi connectivity index (χ2v) is 7.89. The largest absolute Gasteiger partial charge is 0.396 e. The summed E-state index contributed by atoms with van der Waals surface area (Å²) >= 11 is 1.58. The predicted molar refractivity (Wildman–Crippen MR) is 79.6 cm³/mol. The molecule has 2 atom stereocenters. The van der Waals surface area contributed by atoms with Crippen LogP contribution >= 0.6 is 11.3 Å². The van der Waals surface area contributed by atoms with E-state index < -0.39 is 10.0 Å². The van der Waals surface area contributed by atoms with Crippen LogP contribution in [0.1, 0.15) is 11.5 Å². The minimum absolute atomic E-state index is 0.0160. The summed E-state index contributed by atoms with van der Waals surface area (Å²) in [6.07, 6.45) is 1.48. The second kappa shape index (κ2) is 5.53. The molecule has 0 spiro atoms. The van der Waals surface area contributed by atoms with Crippen molar-refractivity contribution in [1.82, 2.24) is 14.1 Å². The van der Waals surface area contributed by atoms with E-state index in [4.69, 9.17) is 0 Å². The van der Waals surface area contributed by atoms with Gasteiger partial charge < -0.3 is 5.11 Å². The van der Waals surface area contributed by atoms with Gasteiger partial charge in [0.15, 0.2) is 5.03 Å². The van der Waals surface area contributed by atoms with Crippen LogP contribution in [-0.2, 0) is 17.1 Å². The number of aliphatic hydroxyl groups is 1. The van der Waals surface area contributed by atoms with Gasteiger partial charge >= 0.3 is 0 Å². The fourth-order valence-electron chi connectivity index (χ4n) is 2.82. The van der Waals surface area contributed by atoms with Crippen molar-refractivity contribution >= 4 is 21.4 Å². The fourth-order valence-corrected chi connectivity index (χ4v) is 5.17. The summed E-state index contributed by atoms with van der Waals surface area (Å²) in [4.78, 5) is 0. The molecule has 0 radical (unpaired) electrons. The number of aliphatic hydroxyl groups excluding tert-OH is 1. The molecule has 6 nitrogen and oxygen atoms in total. The highest BCUT2D eigenvalue weighted by Gasteiger charge is 2.40. The van der Waals surface area contributed by atoms with E-state index in [1.54, 1.807) is 18.4 Å². The van der Waals surface area contributed by atoms with Crippen LogP contribution in [0.25, 0.3) is 0 Å². The van der Waals surface area contributed by atoms with Gasteiger partial charge in [-0.25, -0.2) is 8.42 Å². The summed E-state index contributed by atoms with van der Waals surface area (Å²) in [6, 6.07) is 3.50. The van der Waals surface area contributed by atoms with Crippen molar-refractivity contribution in [2.24, 2.45) is 13.0 Å². The lowest BCUT2D eigenvalue weighted by Crippen LogP contribution is -2.30. The summed E-state index contributed by atoms with van der Waals surface area (Å²) in [5.74, 6) is -0.0214. The molecule has 0 bridgehead atoms. The first-order valence-corrected chi connectivity index (χ1v) is 9.03. The van der Waals surface area contributed by atoms with Crippen LogP contribution in [0, 0.1) is 5.92 Å². The summed E-state index contributed by atoms with van der Waals surface area (Å²) in [7, 11) is -1.95. The molecule has 0 unspecified atom stereocenters. The van der Waals surface area contributed by atoms with Crippen LogP contribution in [0.4, 0.5) is 0 Å². The lowest BCUT2D eigenvalue weighted by molar-refractivity contribution is 0.223. The molecule has 21 heavy (non-hydrogen) atoms. The van der Waals surface area contributed by atoms with Crippen molar-refractivity contribution in [3.05, 3.63) is 34.7 Å². The maximum absolute atomic E-state index is 12.7. The Morgan fingerprint density at radius 2 is 2.24 bits per heavy atom. The zero-order valence-corrected chi connectivity index (χ0v) is 13.2. The van der Waals surface area contributed by atoms with Crippen molar-refractivity contribution in [3.63, 3.8) is 0 Å². The Balaban J connectivity index is 1.90. The van der Waals surface area contributed by atoms with Gasteiger partial charge in [-0.3, -0.25) is 4.68 Å². The SMILES string of the molecule is Cn1nccc1S(=O)(=O)N1C[C@H](CO)[C@H](c2ccsc2)C1. The number of hydrogen-bond acceptors (Lipinski definition) is 5. The van der Waals surface area contributed by atoms with Crippen LogP contribution < -0.4 is 0 Å². The van der Waals surface area contributed by atoms with Crippen molar-refractivity contribution in [2.75, 3.05) is 19.7 Å². The fraction of sp³-hybridized carbons (Fsp3) is 0.462. The van der Waals surface area contributed by atoms with E-state index in [1.807, 2.05) is 16.8 Å². The molecular weight excluding hydrogens is 310 g/mol. The van der Waals surface area contributed by atoms with Gasteiger partial charge in [0.2, 0.25) is 0 Å². The first kappa shape index (κ1) is 14.7. The van der Waals surface area contributed by atoms with Gasteiger partial charge in [-0.15, -0.1) is 0 Å². The van der Waals surface area contributed by atoms with Crippen molar-refractivity contribution < 1.29 is 13.5 Å². The highest BCUT2D eigenvalue weighted by Crippen LogP contribution is 2.36. The molecule has 8 heteroatoms. The first-order valence-electron chi connectivity index (χ1n) is 6.65. The number of rotatable bonds is 4. The van der Waals surface area contributed by atoms with Crippen LogP contribution in [-0.4, -0.2) is 47.3 Å². The standard InChI is InChI=1S/C13H17N3O3S2/c1-15-13(2-4-14-15)21(18,19)16-6-11(8-17)12(7-16)10-3-5-20-9-10/h2-5,9,11-12,17H,6-8H2,1H3/t11-,12+/m1/s1. The van der Waals surface area contributed by atoms with Gasteiger partial charge in [0.1, 0.15) is 0 Å². The highest BCUT2D eigenvalue weighted by atomic mass is 32.2. The average Bonchev–Trinajstić information content (AvgIpc) is 3.17. The van der Waals surface area contributed by atoms with E-state index in [0.29, 0.717) is 13.1 Å². The average molecular weight is 327 g/mol. The number of sulfonamides is 1. The highest BCUT2D eigenvalue weighted by molar-refractivity contribution is 7.89. The minimum atomic E-state index is -3.57. The molecule has 0 aliphatic carbocycles. The Kier molecular flexibility index (Phi) is 3.87. The monoisotopic (exact) mass is 327 g/mol. The van der Waals surface area contributed by atoms with E-state index in [9.17, 15) is 13.5 Å². The summed E-state index contributed by atoms with van der Waals surface area (Å²) < 4.78 is 28.2. The Morgan fingerprint density at radius 3 is 2.81 bits per heavy atom. The predicted octanol–water partition coefficient (Wildman–Crippen LogP) is 0.878. The maximum atomic E-state index is 12.7. The van der Waals surface area contributed by atoms with Gasteiger partial charge in [0, 0.05) is 38.6 Å². The van der Waals surface area contributed by atoms with E-state index >= 15 is 0 Å². The Morgan fingerprint density at radius 1 is 1.43 bits per heavy atom. The maximum Gasteiger partial charge on any atom is 0.260 e. The molecule has 3 rings (SSSR count). The summed E-state index contributed by atoms with van der Waals surface area (Å²) in [6.45, 7) is 0.720. The molecule has 0 amide bonds. The Bertz CT molecular complexity index is 709. The number of nitrogens with zero attached hydrogens (tertiary/aromatic N) is 3. The van der Waals surface area contributed by atoms with Crippen molar-refractivity contribution in [3.8, 4) is 0 Å². The lowest BCUT2D eigenvalue weighted by atomic mass is 9.92. The van der Waals surface area contributed by atoms with E-state index in [1.165, 1.54) is 21.3 Å². The van der Waals surface area contributed by atoms with Crippen LogP contribution in [0.15, 0.2) is 34.1 Å². The summed E-state index contributed by atoms with van der Waals surface area (Å²) in [5, 5.41) is 17.7. The third-order valence-electron chi connectivity index (χ3n) is 3.99. The van der Waals surface area contributed by atoms with Gasteiger partial charge in [-0.1, -0.05) is 0 Å². The van der Waals surface area contributed by atoms with Gasteiger partial charge in [-0.05, 0) is 28.5 Å². The molecule has 0 saturated carbocycles. The number of aromatic nitrogens is 2. The molecule has 1 aliphatic heterocycles. The van der Waals surface area contributed by atoms with Crippen LogP contribution in [0.5, 0.6) is 0 Å². The molecule has 1 N–H and O–H groups in total. The third-order valence-corrected chi connectivity index (χ3v) is 6.60. The smallest absolute Gasteiger partial charge is 0.260 e. The first-order chi connectivity index (χ1) is 10.0. The van der Waals surface area contributed by atoms with E-state index in [-0.39, 0.29) is 23.5 Å². The van der Waals surface area contributed by atoms with Gasteiger partial charge in [-0.2, -0.15) is 20.7 Å². The number of aryl methyl sites for hydroxylation is 1. The zero-order chi connectivity index (χ0) is 15.0. The molecule has 114 valence electrons. The van der Waals surface area contributed by atoms with Crippen molar-refractivity contribution in [1.29, 1.82) is 0 Å². The number of hydrogen-bond donors (Lipinski definition) is 1. The Hall–Kier alpha value is -1.22. The Labute approximate surface area is 127 Å². The third kappa shape index (κ3) is 2.52. The van der Waals surface area contributed by atoms with Gasteiger partial charge in [0.25, 0.3) is 10.0 Å². The zero-order valence-electron chi connectivity index (χ0n) is 11.6. The van der Waals surface area contributed by atoms with Crippen molar-refractivity contribution in [2.45, 2.75) is 10.9 Å². The molecule has 1 aliphatic rings. The van der Waals surface area contributed by atoms with Crippen LogP contribution in [0.2, 0.25) is 0 Å². The number of thiophene rings is 1. The molecule has 1 fully saturated rings. The normalized spacial score (nSPS) is 23.7. The second-order valence-electron chi connectivity index (χ2n) is 5.22. The quantitative estimate of drug-likeness (QED) is 0.904. The molecular formula is C13H17N3O3S2. The molecule has 1 saturated heterocycles. The van der Waals surface area contributed by atoms with E-state index in [2.05, 4.69) is 5.10 Å².